The summed E-state index contributed by atoms with van der Waals surface area (Å²) < 4.78 is 12.0. The first kappa shape index (κ1) is 15.8. The molecule has 4 nitrogen and oxygen atoms in total. The SMILES string of the molecule is CN(C)Cc1ccc(B2OC(C)(C)C(C)(C)O2)c(Cl)n1. The molecule has 2 heterocycles. The van der Waals surface area contributed by atoms with Crippen molar-refractivity contribution in [2.24, 2.45) is 0 Å². The number of aromatic nitrogens is 1. The van der Waals surface area contributed by atoms with Crippen molar-refractivity contribution in [2.75, 3.05) is 14.1 Å². The molecule has 6 heteroatoms. The summed E-state index contributed by atoms with van der Waals surface area (Å²) in [5.41, 5.74) is 0.972. The van der Waals surface area contributed by atoms with Crippen molar-refractivity contribution in [3.63, 3.8) is 0 Å². The van der Waals surface area contributed by atoms with Gasteiger partial charge < -0.3 is 14.2 Å². The molecule has 0 bridgehead atoms. The zero-order chi connectivity index (χ0) is 15.1. The molecule has 1 aromatic rings. The molecule has 1 fully saturated rings. The molecule has 20 heavy (non-hydrogen) atoms. The van der Waals surface area contributed by atoms with Crippen molar-refractivity contribution in [3.8, 4) is 0 Å². The maximum atomic E-state index is 6.29. The standard InChI is InChI=1S/C14H22BClN2O2/c1-13(2)14(3,4)20-15(19-13)11-8-7-10(9-18(5)6)17-12(11)16/h7-8H,9H2,1-6H3. The predicted octanol–water partition coefficient (Wildman–Crippen LogP) is 2.10. The van der Waals surface area contributed by atoms with Gasteiger partial charge in [0.2, 0.25) is 0 Å². The van der Waals surface area contributed by atoms with Crippen molar-refractivity contribution >= 4 is 24.2 Å². The van der Waals surface area contributed by atoms with Crippen LogP contribution in [0.1, 0.15) is 33.4 Å². The molecule has 0 radical (unpaired) electrons. The highest BCUT2D eigenvalue weighted by atomic mass is 35.5. The van der Waals surface area contributed by atoms with Crippen LogP contribution >= 0.6 is 11.6 Å². The highest BCUT2D eigenvalue weighted by molar-refractivity contribution is 6.65. The van der Waals surface area contributed by atoms with E-state index in [4.69, 9.17) is 20.9 Å². The van der Waals surface area contributed by atoms with E-state index in [0.717, 1.165) is 17.7 Å². The number of hydrogen-bond acceptors (Lipinski definition) is 4. The van der Waals surface area contributed by atoms with Crippen LogP contribution in [-0.2, 0) is 15.9 Å². The molecule has 1 aromatic heterocycles. The van der Waals surface area contributed by atoms with Gasteiger partial charge in [-0.3, -0.25) is 0 Å². The monoisotopic (exact) mass is 296 g/mol. The lowest BCUT2D eigenvalue weighted by atomic mass is 9.80. The lowest BCUT2D eigenvalue weighted by molar-refractivity contribution is 0.00578. The topological polar surface area (TPSA) is 34.6 Å². The second-order valence-corrected chi connectivity index (χ2v) is 6.87. The highest BCUT2D eigenvalue weighted by Gasteiger charge is 2.52. The lowest BCUT2D eigenvalue weighted by Gasteiger charge is -2.32. The van der Waals surface area contributed by atoms with Gasteiger partial charge in [-0.15, -0.1) is 0 Å². The van der Waals surface area contributed by atoms with Gasteiger partial charge in [-0.25, -0.2) is 4.98 Å². The molecule has 1 aliphatic heterocycles. The molecule has 2 rings (SSSR count). The minimum Gasteiger partial charge on any atom is -0.399 e. The molecular weight excluding hydrogens is 274 g/mol. The van der Waals surface area contributed by atoms with Gasteiger partial charge in [0, 0.05) is 12.0 Å². The minimum atomic E-state index is -0.464. The molecule has 0 aromatic carbocycles. The van der Waals surface area contributed by atoms with Crippen molar-refractivity contribution in [3.05, 3.63) is 23.0 Å². The molecule has 110 valence electrons. The van der Waals surface area contributed by atoms with Gasteiger partial charge >= 0.3 is 7.12 Å². The van der Waals surface area contributed by atoms with E-state index < -0.39 is 7.12 Å². The first-order valence-corrected chi connectivity index (χ1v) is 7.16. The fourth-order valence-electron chi connectivity index (χ4n) is 2.04. The maximum Gasteiger partial charge on any atom is 0.498 e. The van der Waals surface area contributed by atoms with E-state index in [9.17, 15) is 0 Å². The van der Waals surface area contributed by atoms with Crippen LogP contribution in [0, 0.1) is 0 Å². The summed E-state index contributed by atoms with van der Waals surface area (Å²) in [7, 11) is 3.53. The molecule has 0 amide bonds. The third-order valence-corrected chi connectivity index (χ3v) is 4.22. The van der Waals surface area contributed by atoms with Gasteiger partial charge in [-0.05, 0) is 47.9 Å². The van der Waals surface area contributed by atoms with Crippen molar-refractivity contribution in [2.45, 2.75) is 45.4 Å². The maximum absolute atomic E-state index is 6.29. The zero-order valence-electron chi connectivity index (χ0n) is 13.0. The Morgan fingerprint density at radius 3 is 2.15 bits per heavy atom. The van der Waals surface area contributed by atoms with Gasteiger partial charge in [-0.2, -0.15) is 0 Å². The Balaban J connectivity index is 2.23. The average molecular weight is 297 g/mol. The highest BCUT2D eigenvalue weighted by Crippen LogP contribution is 2.36. The van der Waals surface area contributed by atoms with Crippen molar-refractivity contribution in [1.82, 2.24) is 9.88 Å². The van der Waals surface area contributed by atoms with Crippen LogP contribution in [0.4, 0.5) is 0 Å². The number of halogens is 1. The van der Waals surface area contributed by atoms with Gasteiger partial charge in [0.15, 0.2) is 0 Å². The Morgan fingerprint density at radius 1 is 1.15 bits per heavy atom. The first-order valence-electron chi connectivity index (χ1n) is 6.78. The smallest absolute Gasteiger partial charge is 0.399 e. The third-order valence-electron chi connectivity index (χ3n) is 3.92. The summed E-state index contributed by atoms with van der Waals surface area (Å²) >= 11 is 6.29. The van der Waals surface area contributed by atoms with Crippen LogP contribution in [0.2, 0.25) is 5.15 Å². The largest absolute Gasteiger partial charge is 0.498 e. The van der Waals surface area contributed by atoms with Gasteiger partial charge in [0.1, 0.15) is 5.15 Å². The molecule has 1 saturated heterocycles. The van der Waals surface area contributed by atoms with Crippen LogP contribution in [0.25, 0.3) is 0 Å². The zero-order valence-corrected chi connectivity index (χ0v) is 13.8. The van der Waals surface area contributed by atoms with E-state index in [1.807, 2.05) is 58.8 Å². The molecule has 0 spiro atoms. The third kappa shape index (κ3) is 3.01. The first-order chi connectivity index (χ1) is 9.12. The molecule has 0 atom stereocenters. The summed E-state index contributed by atoms with van der Waals surface area (Å²) in [5.74, 6) is 0. The van der Waals surface area contributed by atoms with Gasteiger partial charge in [0.25, 0.3) is 0 Å². The van der Waals surface area contributed by atoms with Crippen LogP contribution < -0.4 is 5.46 Å². The molecule has 0 unspecified atom stereocenters. The van der Waals surface area contributed by atoms with E-state index in [1.54, 1.807) is 0 Å². The van der Waals surface area contributed by atoms with E-state index in [1.165, 1.54) is 0 Å². The van der Waals surface area contributed by atoms with Crippen LogP contribution in [0.15, 0.2) is 12.1 Å². The van der Waals surface area contributed by atoms with E-state index in [-0.39, 0.29) is 11.2 Å². The molecule has 0 N–H and O–H groups in total. The minimum absolute atomic E-state index is 0.372. The number of rotatable bonds is 3. The van der Waals surface area contributed by atoms with Gasteiger partial charge in [0.05, 0.1) is 16.9 Å². The molecule has 0 aliphatic carbocycles. The number of hydrogen-bond donors (Lipinski definition) is 0. The summed E-state index contributed by atoms with van der Waals surface area (Å²) in [4.78, 5) is 6.47. The Bertz CT molecular complexity index is 490. The second kappa shape index (κ2) is 5.30. The fraction of sp³-hybridized carbons (Fsp3) is 0.643. The molecule has 1 aliphatic rings. The average Bonchev–Trinajstić information content (AvgIpc) is 2.46. The van der Waals surface area contributed by atoms with Crippen LogP contribution in [0.3, 0.4) is 0 Å². The Kier molecular flexibility index (Phi) is 4.18. The summed E-state index contributed by atoms with van der Waals surface area (Å²) in [6.45, 7) is 8.84. The summed E-state index contributed by atoms with van der Waals surface area (Å²) in [5, 5.41) is 0.447. The predicted molar refractivity (Wildman–Crippen MR) is 82.4 cm³/mol. The molecular formula is C14H22BClN2O2. The van der Waals surface area contributed by atoms with Crippen LogP contribution in [-0.4, -0.2) is 42.3 Å². The summed E-state index contributed by atoms with van der Waals surface area (Å²) in [6, 6.07) is 3.91. The van der Waals surface area contributed by atoms with Crippen molar-refractivity contribution in [1.29, 1.82) is 0 Å². The lowest BCUT2D eigenvalue weighted by Crippen LogP contribution is -2.41. The Hall–Kier alpha value is -0.615. The van der Waals surface area contributed by atoms with Gasteiger partial charge in [-0.1, -0.05) is 17.7 Å². The number of nitrogens with zero attached hydrogens (tertiary/aromatic N) is 2. The fourth-order valence-corrected chi connectivity index (χ4v) is 2.30. The van der Waals surface area contributed by atoms with E-state index >= 15 is 0 Å². The number of pyridine rings is 1. The normalized spacial score (nSPS) is 20.7. The van der Waals surface area contributed by atoms with Crippen molar-refractivity contribution < 1.29 is 9.31 Å². The summed E-state index contributed by atoms with van der Waals surface area (Å²) in [6.07, 6.45) is 0. The quantitative estimate of drug-likeness (QED) is 0.632. The Labute approximate surface area is 126 Å². The van der Waals surface area contributed by atoms with E-state index in [2.05, 4.69) is 4.98 Å². The second-order valence-electron chi connectivity index (χ2n) is 6.51. The Morgan fingerprint density at radius 2 is 1.70 bits per heavy atom. The molecule has 0 saturated carbocycles. The van der Waals surface area contributed by atoms with Crippen LogP contribution in [0.5, 0.6) is 0 Å². The van der Waals surface area contributed by atoms with E-state index in [0.29, 0.717) is 5.15 Å².